The predicted octanol–water partition coefficient (Wildman–Crippen LogP) is 2.00. The van der Waals surface area contributed by atoms with E-state index in [9.17, 15) is 4.79 Å². The van der Waals surface area contributed by atoms with E-state index in [0.29, 0.717) is 5.39 Å². The first kappa shape index (κ1) is 10.7. The van der Waals surface area contributed by atoms with E-state index < -0.39 is 0 Å². The van der Waals surface area contributed by atoms with Crippen LogP contribution < -0.4 is 5.56 Å². The number of aromatic nitrogens is 3. The van der Waals surface area contributed by atoms with Crippen LogP contribution in [0.15, 0.2) is 53.6 Å². The van der Waals surface area contributed by atoms with Gasteiger partial charge in [0.25, 0.3) is 5.56 Å². The summed E-state index contributed by atoms with van der Waals surface area (Å²) in [7, 11) is 1.67. The summed E-state index contributed by atoms with van der Waals surface area (Å²) in [5.41, 5.74) is 1.68. The van der Waals surface area contributed by atoms with Gasteiger partial charge in [0.05, 0.1) is 11.1 Å². The Bertz CT molecular complexity index is 763. The molecular formula is C14H11N3O. The first-order valence-electron chi connectivity index (χ1n) is 5.64. The summed E-state index contributed by atoms with van der Waals surface area (Å²) >= 11 is 0. The molecular weight excluding hydrogens is 226 g/mol. The SMILES string of the molecule is Cn1nc(-c2ccncc2)c2ccccc2c1=O. The Hall–Kier alpha value is -2.49. The van der Waals surface area contributed by atoms with Crippen molar-refractivity contribution in [3.63, 3.8) is 0 Å². The molecule has 1 aromatic carbocycles. The lowest BCUT2D eigenvalue weighted by Crippen LogP contribution is -2.20. The molecule has 0 saturated carbocycles. The maximum atomic E-state index is 12.0. The van der Waals surface area contributed by atoms with Crippen molar-refractivity contribution in [2.45, 2.75) is 0 Å². The molecule has 0 aliphatic carbocycles. The van der Waals surface area contributed by atoms with E-state index in [-0.39, 0.29) is 5.56 Å². The third kappa shape index (κ3) is 1.59. The van der Waals surface area contributed by atoms with Gasteiger partial charge >= 0.3 is 0 Å². The number of hydrogen-bond acceptors (Lipinski definition) is 3. The molecule has 0 fully saturated rings. The summed E-state index contributed by atoms with van der Waals surface area (Å²) in [6.45, 7) is 0. The van der Waals surface area contributed by atoms with Gasteiger partial charge < -0.3 is 0 Å². The van der Waals surface area contributed by atoms with Crippen molar-refractivity contribution in [1.82, 2.24) is 14.8 Å². The molecule has 0 aliphatic heterocycles. The average Bonchev–Trinajstić information content (AvgIpc) is 2.44. The molecule has 0 radical (unpaired) electrons. The van der Waals surface area contributed by atoms with Gasteiger partial charge in [0, 0.05) is 30.4 Å². The molecule has 2 heterocycles. The van der Waals surface area contributed by atoms with Crippen LogP contribution in [0.3, 0.4) is 0 Å². The van der Waals surface area contributed by atoms with E-state index >= 15 is 0 Å². The number of hydrogen-bond donors (Lipinski definition) is 0. The number of benzene rings is 1. The maximum absolute atomic E-state index is 12.0. The van der Waals surface area contributed by atoms with Crippen LogP contribution in [0.25, 0.3) is 22.0 Å². The summed E-state index contributed by atoms with van der Waals surface area (Å²) < 4.78 is 1.37. The van der Waals surface area contributed by atoms with Gasteiger partial charge in [-0.15, -0.1) is 0 Å². The van der Waals surface area contributed by atoms with Crippen LogP contribution in [0.1, 0.15) is 0 Å². The Labute approximate surface area is 104 Å². The van der Waals surface area contributed by atoms with Gasteiger partial charge in [0.1, 0.15) is 0 Å². The van der Waals surface area contributed by atoms with Crippen molar-refractivity contribution in [3.8, 4) is 11.3 Å². The highest BCUT2D eigenvalue weighted by Crippen LogP contribution is 2.23. The molecule has 0 atom stereocenters. The molecule has 88 valence electrons. The average molecular weight is 237 g/mol. The topological polar surface area (TPSA) is 47.8 Å². The first-order valence-corrected chi connectivity index (χ1v) is 5.64. The standard InChI is InChI=1S/C14H11N3O/c1-17-14(18)12-5-3-2-4-11(12)13(16-17)10-6-8-15-9-7-10/h2-9H,1H3. The maximum Gasteiger partial charge on any atom is 0.274 e. The molecule has 4 nitrogen and oxygen atoms in total. The second-order valence-corrected chi connectivity index (χ2v) is 4.06. The smallest absolute Gasteiger partial charge is 0.267 e. The zero-order valence-electron chi connectivity index (χ0n) is 9.87. The van der Waals surface area contributed by atoms with Crippen molar-refractivity contribution in [2.75, 3.05) is 0 Å². The third-order valence-corrected chi connectivity index (χ3v) is 2.91. The van der Waals surface area contributed by atoms with Gasteiger partial charge in [-0.3, -0.25) is 9.78 Å². The highest BCUT2D eigenvalue weighted by atomic mass is 16.1. The van der Waals surface area contributed by atoms with Crippen molar-refractivity contribution >= 4 is 10.8 Å². The molecule has 0 aliphatic rings. The lowest BCUT2D eigenvalue weighted by molar-refractivity contribution is 0.722. The van der Waals surface area contributed by atoms with Crippen molar-refractivity contribution < 1.29 is 0 Å². The van der Waals surface area contributed by atoms with Gasteiger partial charge in [0.15, 0.2) is 0 Å². The van der Waals surface area contributed by atoms with Crippen LogP contribution >= 0.6 is 0 Å². The Morgan fingerprint density at radius 2 is 1.67 bits per heavy atom. The van der Waals surface area contributed by atoms with Crippen LogP contribution in [0.4, 0.5) is 0 Å². The van der Waals surface area contributed by atoms with E-state index in [4.69, 9.17) is 0 Å². The lowest BCUT2D eigenvalue weighted by Gasteiger charge is -2.07. The molecule has 18 heavy (non-hydrogen) atoms. The molecule has 0 unspecified atom stereocenters. The van der Waals surface area contributed by atoms with E-state index in [2.05, 4.69) is 10.1 Å². The highest BCUT2D eigenvalue weighted by molar-refractivity contribution is 5.93. The number of nitrogens with zero attached hydrogens (tertiary/aromatic N) is 3. The molecule has 2 aromatic heterocycles. The van der Waals surface area contributed by atoms with E-state index in [1.54, 1.807) is 19.4 Å². The van der Waals surface area contributed by atoms with Gasteiger partial charge in [-0.05, 0) is 18.2 Å². The lowest BCUT2D eigenvalue weighted by atomic mass is 10.1. The molecule has 4 heteroatoms. The Kier molecular flexibility index (Phi) is 2.41. The Morgan fingerprint density at radius 1 is 1.00 bits per heavy atom. The van der Waals surface area contributed by atoms with Crippen molar-refractivity contribution in [3.05, 3.63) is 59.1 Å². The van der Waals surface area contributed by atoms with Crippen LogP contribution in [-0.4, -0.2) is 14.8 Å². The zero-order valence-corrected chi connectivity index (χ0v) is 9.87. The van der Waals surface area contributed by atoms with Crippen LogP contribution in [0, 0.1) is 0 Å². The fraction of sp³-hybridized carbons (Fsp3) is 0.0714. The van der Waals surface area contributed by atoms with Crippen LogP contribution in [-0.2, 0) is 7.05 Å². The van der Waals surface area contributed by atoms with Crippen LogP contribution in [0.2, 0.25) is 0 Å². The Balaban J connectivity index is 2.44. The fourth-order valence-electron chi connectivity index (χ4n) is 2.02. The number of pyridine rings is 1. The number of rotatable bonds is 1. The van der Waals surface area contributed by atoms with Crippen LogP contribution in [0.5, 0.6) is 0 Å². The largest absolute Gasteiger partial charge is 0.274 e. The minimum absolute atomic E-state index is 0.0802. The number of aryl methyl sites for hydroxylation is 1. The molecule has 0 bridgehead atoms. The highest BCUT2D eigenvalue weighted by Gasteiger charge is 2.09. The normalized spacial score (nSPS) is 10.7. The second-order valence-electron chi connectivity index (χ2n) is 4.06. The fourth-order valence-corrected chi connectivity index (χ4v) is 2.02. The van der Waals surface area contributed by atoms with Crippen molar-refractivity contribution in [1.29, 1.82) is 0 Å². The van der Waals surface area contributed by atoms with Gasteiger partial charge in [-0.1, -0.05) is 18.2 Å². The molecule has 3 rings (SSSR count). The second kappa shape index (κ2) is 4.07. The predicted molar refractivity (Wildman–Crippen MR) is 70.2 cm³/mol. The Morgan fingerprint density at radius 3 is 2.39 bits per heavy atom. The summed E-state index contributed by atoms with van der Waals surface area (Å²) in [5.74, 6) is 0. The molecule has 0 spiro atoms. The molecule has 3 aromatic rings. The summed E-state index contributed by atoms with van der Waals surface area (Å²) in [5, 5.41) is 5.90. The van der Waals surface area contributed by atoms with Gasteiger partial charge in [-0.2, -0.15) is 5.10 Å². The van der Waals surface area contributed by atoms with Gasteiger partial charge in [-0.25, -0.2) is 4.68 Å². The first-order chi connectivity index (χ1) is 8.77. The molecule has 0 amide bonds. The van der Waals surface area contributed by atoms with Gasteiger partial charge in [0.2, 0.25) is 0 Å². The van der Waals surface area contributed by atoms with E-state index in [1.165, 1.54) is 4.68 Å². The zero-order chi connectivity index (χ0) is 12.5. The monoisotopic (exact) mass is 237 g/mol. The minimum Gasteiger partial charge on any atom is -0.267 e. The minimum atomic E-state index is -0.0802. The summed E-state index contributed by atoms with van der Waals surface area (Å²) in [6, 6.07) is 11.3. The molecule has 0 N–H and O–H groups in total. The van der Waals surface area contributed by atoms with E-state index in [0.717, 1.165) is 16.6 Å². The quantitative estimate of drug-likeness (QED) is 0.650. The molecule has 0 saturated heterocycles. The van der Waals surface area contributed by atoms with Crippen molar-refractivity contribution in [2.24, 2.45) is 7.05 Å². The third-order valence-electron chi connectivity index (χ3n) is 2.91. The number of fused-ring (bicyclic) bond motifs is 1. The van der Waals surface area contributed by atoms with E-state index in [1.807, 2.05) is 36.4 Å². The summed E-state index contributed by atoms with van der Waals surface area (Å²) in [4.78, 5) is 16.0. The summed E-state index contributed by atoms with van der Waals surface area (Å²) in [6.07, 6.45) is 3.44.